The van der Waals surface area contributed by atoms with Crippen molar-refractivity contribution < 1.29 is 23.0 Å². The molecule has 2 rings (SSSR count). The third kappa shape index (κ3) is 6.12. The zero-order valence-electron chi connectivity index (χ0n) is 13.2. The topological polar surface area (TPSA) is 65.9 Å². The molecule has 0 spiro atoms. The van der Waals surface area contributed by atoms with Gasteiger partial charge in [0, 0.05) is 25.4 Å². The zero-order chi connectivity index (χ0) is 16.9. The second-order valence-electron chi connectivity index (χ2n) is 6.09. The number of rotatable bonds is 5. The third-order valence-electron chi connectivity index (χ3n) is 3.80. The lowest BCUT2D eigenvalue weighted by molar-refractivity contribution is -0.0935. The smallest absolute Gasteiger partial charge is 0.433 e. The van der Waals surface area contributed by atoms with Gasteiger partial charge < -0.3 is 20.5 Å². The van der Waals surface area contributed by atoms with E-state index in [1.54, 1.807) is 6.92 Å². The van der Waals surface area contributed by atoms with Gasteiger partial charge in [-0.1, -0.05) is 0 Å². The van der Waals surface area contributed by atoms with Gasteiger partial charge in [0.2, 0.25) is 0 Å². The van der Waals surface area contributed by atoms with Crippen LogP contribution < -0.4 is 10.6 Å². The van der Waals surface area contributed by atoms with Crippen LogP contribution in [0.25, 0.3) is 0 Å². The predicted molar refractivity (Wildman–Crippen MR) is 81.2 cm³/mol. The van der Waals surface area contributed by atoms with Crippen LogP contribution >= 0.6 is 0 Å². The van der Waals surface area contributed by atoms with E-state index >= 15 is 0 Å². The second-order valence-corrected chi connectivity index (χ2v) is 6.09. The first-order valence-electron chi connectivity index (χ1n) is 7.97. The Morgan fingerprint density at radius 2 is 2.13 bits per heavy atom. The van der Waals surface area contributed by atoms with Crippen molar-refractivity contribution >= 4 is 5.90 Å². The van der Waals surface area contributed by atoms with Crippen LogP contribution in [0.3, 0.4) is 0 Å². The van der Waals surface area contributed by atoms with E-state index in [1.165, 1.54) is 0 Å². The molecule has 2 atom stereocenters. The number of ether oxygens (including phenoxy) is 1. The maximum Gasteiger partial charge on any atom is 0.433 e. The fourth-order valence-corrected chi connectivity index (χ4v) is 2.67. The number of halogens is 3. The maximum absolute atomic E-state index is 13.0. The third-order valence-corrected chi connectivity index (χ3v) is 3.80. The van der Waals surface area contributed by atoms with Gasteiger partial charge in [0.1, 0.15) is 11.8 Å². The van der Waals surface area contributed by atoms with E-state index in [0.717, 1.165) is 32.0 Å². The summed E-state index contributed by atoms with van der Waals surface area (Å²) in [6.45, 7) is 3.92. The molecule has 1 saturated heterocycles. The van der Waals surface area contributed by atoms with E-state index in [-0.39, 0.29) is 17.9 Å². The minimum atomic E-state index is -4.48. The molecule has 0 aromatic carbocycles. The molecule has 0 radical (unpaired) electrons. The summed E-state index contributed by atoms with van der Waals surface area (Å²) in [6.07, 6.45) is -2.06. The van der Waals surface area contributed by atoms with Gasteiger partial charge in [0.25, 0.3) is 0 Å². The van der Waals surface area contributed by atoms with E-state index in [4.69, 9.17) is 4.74 Å². The fourth-order valence-electron chi connectivity index (χ4n) is 2.67. The predicted octanol–water partition coefficient (Wildman–Crippen LogP) is 1.59. The van der Waals surface area contributed by atoms with Crippen molar-refractivity contribution in [3.05, 3.63) is 11.8 Å². The van der Waals surface area contributed by atoms with Crippen LogP contribution in [-0.2, 0) is 4.74 Å². The number of hydrogen-bond acceptors (Lipinski definition) is 5. The Balaban J connectivity index is 1.99. The lowest BCUT2D eigenvalue weighted by Crippen LogP contribution is -2.36. The summed E-state index contributed by atoms with van der Waals surface area (Å²) in [6, 6.07) is 0. The number of nitrogens with zero attached hydrogens (tertiary/aromatic N) is 1. The van der Waals surface area contributed by atoms with Gasteiger partial charge in [-0.2, -0.15) is 13.2 Å². The first kappa shape index (κ1) is 18.2. The standard InChI is InChI=1S/C15H24F3N3O2/c1-10(22)8-20-9-11-6-13(15(16,17)18)21-14(7-11)23-12-2-4-19-5-3-12/h6,10-12,19-20,22H,2-5,7-9H2,1H3/t10-,11?/m1/s1. The summed E-state index contributed by atoms with van der Waals surface area (Å²) < 4.78 is 44.8. The molecule has 23 heavy (non-hydrogen) atoms. The number of nitrogens with one attached hydrogen (secondary N) is 2. The molecule has 2 aliphatic rings. The normalized spacial score (nSPS) is 24.8. The highest BCUT2D eigenvalue weighted by molar-refractivity contribution is 5.79. The number of alkyl halides is 3. The Hall–Kier alpha value is -1.12. The summed E-state index contributed by atoms with van der Waals surface area (Å²) in [5.74, 6) is -0.185. The van der Waals surface area contributed by atoms with Crippen LogP contribution in [0, 0.1) is 5.92 Å². The first-order valence-corrected chi connectivity index (χ1v) is 7.97. The van der Waals surface area contributed by atoms with Crippen LogP contribution in [0.4, 0.5) is 13.2 Å². The quantitative estimate of drug-likeness (QED) is 0.714. The zero-order valence-corrected chi connectivity index (χ0v) is 13.2. The highest BCUT2D eigenvalue weighted by Crippen LogP contribution is 2.32. The molecule has 1 unspecified atom stereocenters. The first-order chi connectivity index (χ1) is 10.8. The van der Waals surface area contributed by atoms with Crippen molar-refractivity contribution in [1.82, 2.24) is 10.6 Å². The Morgan fingerprint density at radius 1 is 1.43 bits per heavy atom. The average Bonchev–Trinajstić information content (AvgIpc) is 2.47. The molecule has 8 heteroatoms. The van der Waals surface area contributed by atoms with Crippen molar-refractivity contribution in [2.45, 2.75) is 44.6 Å². The molecule has 5 nitrogen and oxygen atoms in total. The summed E-state index contributed by atoms with van der Waals surface area (Å²) >= 11 is 0. The van der Waals surface area contributed by atoms with Crippen molar-refractivity contribution in [2.75, 3.05) is 26.2 Å². The molecule has 0 bridgehead atoms. The van der Waals surface area contributed by atoms with Crippen molar-refractivity contribution in [3.63, 3.8) is 0 Å². The minimum Gasteiger partial charge on any atom is -0.477 e. The molecule has 0 amide bonds. The molecular formula is C15H24F3N3O2. The maximum atomic E-state index is 13.0. The van der Waals surface area contributed by atoms with Crippen molar-refractivity contribution in [3.8, 4) is 0 Å². The molecule has 0 aromatic heterocycles. The molecule has 0 aliphatic carbocycles. The lowest BCUT2D eigenvalue weighted by Gasteiger charge is -2.28. The number of hydrogen-bond donors (Lipinski definition) is 3. The van der Waals surface area contributed by atoms with Gasteiger partial charge in [-0.3, -0.25) is 0 Å². The summed E-state index contributed by atoms with van der Waals surface area (Å²) in [4.78, 5) is 3.67. The van der Waals surface area contributed by atoms with Gasteiger partial charge in [-0.15, -0.1) is 0 Å². The lowest BCUT2D eigenvalue weighted by atomic mass is 10.0. The van der Waals surface area contributed by atoms with E-state index in [1.807, 2.05) is 0 Å². The second kappa shape index (κ2) is 8.12. The number of aliphatic imine (C=N–C) groups is 1. The monoisotopic (exact) mass is 335 g/mol. The molecule has 2 heterocycles. The average molecular weight is 335 g/mol. The minimum absolute atomic E-state index is 0.0753. The number of aliphatic hydroxyl groups excluding tert-OH is 1. The van der Waals surface area contributed by atoms with Crippen LogP contribution in [0.2, 0.25) is 0 Å². The van der Waals surface area contributed by atoms with Gasteiger partial charge >= 0.3 is 6.18 Å². The van der Waals surface area contributed by atoms with Crippen LogP contribution in [0.15, 0.2) is 16.8 Å². The number of piperidine rings is 1. The van der Waals surface area contributed by atoms with Gasteiger partial charge in [0.05, 0.1) is 6.10 Å². The summed E-state index contributed by atoms with van der Waals surface area (Å²) in [5, 5.41) is 15.4. The number of aliphatic hydroxyl groups is 1. The van der Waals surface area contributed by atoms with Crippen molar-refractivity contribution in [2.24, 2.45) is 10.9 Å². The van der Waals surface area contributed by atoms with Crippen LogP contribution in [0.5, 0.6) is 0 Å². The Labute approximate surface area is 134 Å². The molecule has 3 N–H and O–H groups in total. The summed E-state index contributed by atoms with van der Waals surface area (Å²) in [7, 11) is 0. The van der Waals surface area contributed by atoms with Gasteiger partial charge in [-0.05, 0) is 38.9 Å². The molecule has 132 valence electrons. The molecule has 1 fully saturated rings. The largest absolute Gasteiger partial charge is 0.477 e. The van der Waals surface area contributed by atoms with E-state index in [9.17, 15) is 18.3 Å². The summed E-state index contributed by atoms with van der Waals surface area (Å²) in [5.41, 5.74) is -0.892. The van der Waals surface area contributed by atoms with E-state index in [0.29, 0.717) is 19.5 Å². The van der Waals surface area contributed by atoms with Crippen molar-refractivity contribution in [1.29, 1.82) is 0 Å². The highest BCUT2D eigenvalue weighted by Gasteiger charge is 2.37. The molecule has 2 aliphatic heterocycles. The van der Waals surface area contributed by atoms with Crippen LogP contribution in [0.1, 0.15) is 26.2 Å². The van der Waals surface area contributed by atoms with Crippen LogP contribution in [-0.4, -0.2) is 55.6 Å². The number of allylic oxidation sites excluding steroid dienone is 1. The Morgan fingerprint density at radius 3 is 2.74 bits per heavy atom. The molecular weight excluding hydrogens is 311 g/mol. The van der Waals surface area contributed by atoms with E-state index in [2.05, 4.69) is 15.6 Å². The van der Waals surface area contributed by atoms with E-state index < -0.39 is 18.0 Å². The fraction of sp³-hybridized carbons (Fsp3) is 0.800. The van der Waals surface area contributed by atoms with Gasteiger partial charge in [0.15, 0.2) is 5.90 Å². The molecule has 0 saturated carbocycles. The Bertz CT molecular complexity index is 444. The molecule has 0 aromatic rings. The van der Waals surface area contributed by atoms with Gasteiger partial charge in [-0.25, -0.2) is 4.99 Å². The highest BCUT2D eigenvalue weighted by atomic mass is 19.4. The Kier molecular flexibility index (Phi) is 6.43. The SMILES string of the molecule is C[C@@H](O)CNCC1C=C(C(F)(F)F)N=C(OC2CCNCC2)C1.